The van der Waals surface area contributed by atoms with Gasteiger partial charge in [-0.05, 0) is 67.3 Å². The van der Waals surface area contributed by atoms with Crippen molar-refractivity contribution in [2.24, 2.45) is 5.41 Å². The second-order valence-corrected chi connectivity index (χ2v) is 9.57. The smallest absolute Gasteiger partial charge is 0.0733 e. The van der Waals surface area contributed by atoms with Crippen molar-refractivity contribution in [2.45, 2.75) is 46.5 Å². The third kappa shape index (κ3) is 6.82. The second kappa shape index (κ2) is 11.0. The SMILES string of the molecule is C=CCNC(=C)CCC(C)(C)CC/C=C/c1cc2c(C)cc(-c3ccccc3)nc2cc1N. The number of benzene rings is 2. The Morgan fingerprint density at radius 2 is 1.88 bits per heavy atom. The van der Waals surface area contributed by atoms with Crippen LogP contribution in [0.25, 0.3) is 28.2 Å². The van der Waals surface area contributed by atoms with Gasteiger partial charge in [0, 0.05) is 28.9 Å². The number of hydrogen-bond acceptors (Lipinski definition) is 3. The first-order valence-corrected chi connectivity index (χ1v) is 11.7. The number of allylic oxidation sites excluding steroid dienone is 2. The number of hydrogen-bond donors (Lipinski definition) is 2. The molecule has 0 unspecified atom stereocenters. The largest absolute Gasteiger partial charge is 0.398 e. The second-order valence-electron chi connectivity index (χ2n) is 9.57. The molecule has 1 heterocycles. The molecule has 0 aliphatic rings. The third-order valence-electron chi connectivity index (χ3n) is 6.18. The first kappa shape index (κ1) is 24.3. The molecule has 3 heteroatoms. The van der Waals surface area contributed by atoms with Crippen LogP contribution in [0.3, 0.4) is 0 Å². The van der Waals surface area contributed by atoms with E-state index in [0.29, 0.717) is 0 Å². The summed E-state index contributed by atoms with van der Waals surface area (Å²) in [5.74, 6) is 0. The Bertz CT molecular complexity index is 1140. The van der Waals surface area contributed by atoms with Crippen molar-refractivity contribution in [3.8, 4) is 11.3 Å². The van der Waals surface area contributed by atoms with Gasteiger partial charge in [-0.15, -0.1) is 6.58 Å². The van der Waals surface area contributed by atoms with Gasteiger partial charge in [-0.1, -0.05) is 69.0 Å². The maximum Gasteiger partial charge on any atom is 0.0733 e. The molecule has 0 aliphatic carbocycles. The Morgan fingerprint density at radius 3 is 2.61 bits per heavy atom. The molecule has 0 amide bonds. The van der Waals surface area contributed by atoms with Crippen LogP contribution in [0, 0.1) is 12.3 Å². The van der Waals surface area contributed by atoms with Gasteiger partial charge in [-0.3, -0.25) is 0 Å². The third-order valence-corrected chi connectivity index (χ3v) is 6.18. The van der Waals surface area contributed by atoms with Crippen LogP contribution in [0.2, 0.25) is 0 Å². The highest BCUT2D eigenvalue weighted by Gasteiger charge is 2.17. The number of pyridine rings is 1. The van der Waals surface area contributed by atoms with Crippen molar-refractivity contribution in [3.05, 3.63) is 90.7 Å². The first-order chi connectivity index (χ1) is 15.8. The highest BCUT2D eigenvalue weighted by molar-refractivity contribution is 5.90. The van der Waals surface area contributed by atoms with Crippen LogP contribution in [0.5, 0.6) is 0 Å². The molecule has 2 aromatic carbocycles. The number of nitrogens with zero attached hydrogens (tertiary/aromatic N) is 1. The molecule has 0 radical (unpaired) electrons. The average molecular weight is 440 g/mol. The van der Waals surface area contributed by atoms with Gasteiger partial charge in [0.05, 0.1) is 11.2 Å². The molecule has 0 fully saturated rings. The molecule has 172 valence electrons. The quantitative estimate of drug-likeness (QED) is 0.238. The van der Waals surface area contributed by atoms with E-state index < -0.39 is 0 Å². The highest BCUT2D eigenvalue weighted by atomic mass is 14.9. The molecular formula is C30H37N3. The number of nitrogens with two attached hydrogens (primary N) is 1. The standard InChI is InChI=1S/C30H37N3/c1-6-18-32-23(3)15-17-30(4,5)16-11-10-14-25-20-26-22(2)19-28(24-12-8-7-9-13-24)33-29(26)21-27(25)31/h6-10,12-14,19-21,32H,1,3,11,15-18,31H2,2,4-5H3/b14-10+. The van der Waals surface area contributed by atoms with E-state index in [9.17, 15) is 0 Å². The van der Waals surface area contributed by atoms with Crippen molar-refractivity contribution in [1.82, 2.24) is 10.3 Å². The predicted molar refractivity (Wildman–Crippen MR) is 145 cm³/mol. The van der Waals surface area contributed by atoms with Crippen molar-refractivity contribution in [1.29, 1.82) is 0 Å². The zero-order valence-electron chi connectivity index (χ0n) is 20.3. The fourth-order valence-corrected chi connectivity index (χ4v) is 3.98. The van der Waals surface area contributed by atoms with Crippen LogP contribution in [0.4, 0.5) is 5.69 Å². The van der Waals surface area contributed by atoms with Crippen LogP contribution >= 0.6 is 0 Å². The zero-order chi connectivity index (χ0) is 23.8. The van der Waals surface area contributed by atoms with Gasteiger partial charge < -0.3 is 11.1 Å². The van der Waals surface area contributed by atoms with Crippen LogP contribution in [0.1, 0.15) is 50.7 Å². The number of nitrogens with one attached hydrogen (secondary N) is 1. The summed E-state index contributed by atoms with van der Waals surface area (Å²) in [5, 5.41) is 4.43. The van der Waals surface area contributed by atoms with Gasteiger partial charge in [0.2, 0.25) is 0 Å². The summed E-state index contributed by atoms with van der Waals surface area (Å²) in [6.07, 6.45) is 10.5. The topological polar surface area (TPSA) is 50.9 Å². The van der Waals surface area contributed by atoms with Gasteiger partial charge in [-0.25, -0.2) is 4.98 Å². The molecule has 0 spiro atoms. The fraction of sp³-hybridized carbons (Fsp3) is 0.300. The number of fused-ring (bicyclic) bond motifs is 1. The van der Waals surface area contributed by atoms with E-state index in [1.807, 2.05) is 30.3 Å². The molecule has 3 nitrogen and oxygen atoms in total. The first-order valence-electron chi connectivity index (χ1n) is 11.7. The monoisotopic (exact) mass is 439 g/mol. The average Bonchev–Trinajstić information content (AvgIpc) is 2.80. The fourth-order valence-electron chi connectivity index (χ4n) is 3.98. The normalized spacial score (nSPS) is 11.7. The van der Waals surface area contributed by atoms with Crippen molar-refractivity contribution in [3.63, 3.8) is 0 Å². The molecule has 3 N–H and O–H groups in total. The van der Waals surface area contributed by atoms with Crippen LogP contribution in [-0.4, -0.2) is 11.5 Å². The Labute approximate surface area is 199 Å². The van der Waals surface area contributed by atoms with Crippen molar-refractivity contribution < 1.29 is 0 Å². The zero-order valence-corrected chi connectivity index (χ0v) is 20.3. The molecule has 0 bridgehead atoms. The van der Waals surface area contributed by atoms with E-state index in [0.717, 1.165) is 71.3 Å². The van der Waals surface area contributed by atoms with E-state index >= 15 is 0 Å². The molecular weight excluding hydrogens is 402 g/mol. The van der Waals surface area contributed by atoms with Gasteiger partial charge in [0.15, 0.2) is 0 Å². The number of aryl methyl sites for hydroxylation is 1. The predicted octanol–water partition coefficient (Wildman–Crippen LogP) is 7.68. The minimum absolute atomic E-state index is 0.256. The highest BCUT2D eigenvalue weighted by Crippen LogP contribution is 2.31. The van der Waals surface area contributed by atoms with E-state index in [1.165, 1.54) is 5.56 Å². The minimum atomic E-state index is 0.256. The van der Waals surface area contributed by atoms with Gasteiger partial charge in [-0.2, -0.15) is 0 Å². The Balaban J connectivity index is 1.66. The maximum atomic E-state index is 6.40. The summed E-state index contributed by atoms with van der Waals surface area (Å²) in [6.45, 7) is 15.4. The summed E-state index contributed by atoms with van der Waals surface area (Å²) in [5.41, 5.74) is 13.8. The molecule has 0 saturated heterocycles. The number of rotatable bonds is 11. The number of aromatic nitrogens is 1. The summed E-state index contributed by atoms with van der Waals surface area (Å²) in [6, 6.07) is 16.6. The lowest BCUT2D eigenvalue weighted by molar-refractivity contribution is 0.308. The van der Waals surface area contributed by atoms with Crippen LogP contribution in [0.15, 0.2) is 79.5 Å². The summed E-state index contributed by atoms with van der Waals surface area (Å²) < 4.78 is 0. The molecule has 33 heavy (non-hydrogen) atoms. The minimum Gasteiger partial charge on any atom is -0.398 e. The molecule has 3 aromatic rings. The van der Waals surface area contributed by atoms with Crippen LogP contribution < -0.4 is 11.1 Å². The Kier molecular flexibility index (Phi) is 8.11. The summed E-state index contributed by atoms with van der Waals surface area (Å²) in [4.78, 5) is 4.87. The number of anilines is 1. The molecule has 0 saturated carbocycles. The molecule has 1 aromatic heterocycles. The van der Waals surface area contributed by atoms with E-state index in [2.05, 4.69) is 75.7 Å². The van der Waals surface area contributed by atoms with Gasteiger partial charge in [0.25, 0.3) is 0 Å². The van der Waals surface area contributed by atoms with E-state index in [1.54, 1.807) is 0 Å². The van der Waals surface area contributed by atoms with Crippen LogP contribution in [-0.2, 0) is 0 Å². The maximum absolute atomic E-state index is 6.40. The van der Waals surface area contributed by atoms with Gasteiger partial charge in [0.1, 0.15) is 0 Å². The lowest BCUT2D eigenvalue weighted by Gasteiger charge is -2.24. The Morgan fingerprint density at radius 1 is 1.12 bits per heavy atom. The molecule has 3 rings (SSSR count). The van der Waals surface area contributed by atoms with Gasteiger partial charge >= 0.3 is 0 Å². The van der Waals surface area contributed by atoms with E-state index in [-0.39, 0.29) is 5.41 Å². The number of nitrogen functional groups attached to an aromatic ring is 1. The molecule has 0 atom stereocenters. The summed E-state index contributed by atoms with van der Waals surface area (Å²) in [7, 11) is 0. The lowest BCUT2D eigenvalue weighted by Crippen LogP contribution is -2.16. The Hall–Kier alpha value is -3.33. The van der Waals surface area contributed by atoms with E-state index in [4.69, 9.17) is 10.7 Å². The lowest BCUT2D eigenvalue weighted by atomic mass is 9.82. The molecule has 0 aliphatic heterocycles. The summed E-state index contributed by atoms with van der Waals surface area (Å²) >= 11 is 0. The van der Waals surface area contributed by atoms with Crippen molar-refractivity contribution >= 4 is 22.7 Å². The van der Waals surface area contributed by atoms with Crippen molar-refractivity contribution in [2.75, 3.05) is 12.3 Å².